The maximum absolute atomic E-state index is 7.00. The molecule has 1 aromatic carbocycles. The van der Waals surface area contributed by atoms with Crippen LogP contribution in [-0.2, 0) is 6.54 Å². The number of aromatic nitrogens is 5. The first kappa shape index (κ1) is 15.3. The van der Waals surface area contributed by atoms with Crippen LogP contribution < -0.4 is 0 Å². The average Bonchev–Trinajstić information content (AvgIpc) is 3.20. The van der Waals surface area contributed by atoms with Gasteiger partial charge in [0, 0.05) is 5.56 Å². The molecule has 8 heteroatoms. The molecule has 0 spiro atoms. The molecule has 0 N–H and O–H groups in total. The van der Waals surface area contributed by atoms with Crippen molar-refractivity contribution in [1.82, 2.24) is 24.8 Å². The molecule has 3 aromatic heterocycles. The number of halogens is 1. The Morgan fingerprint density at radius 3 is 2.80 bits per heavy atom. The van der Waals surface area contributed by atoms with E-state index in [1.54, 1.807) is 12.3 Å². The van der Waals surface area contributed by atoms with E-state index >= 15 is 0 Å². The van der Waals surface area contributed by atoms with Crippen LogP contribution in [0.5, 0.6) is 0 Å². The van der Waals surface area contributed by atoms with Crippen molar-refractivity contribution >= 4 is 28.5 Å². The lowest BCUT2D eigenvalue weighted by Gasteiger charge is -2.08. The molecule has 0 saturated heterocycles. The zero-order chi connectivity index (χ0) is 17.4. The van der Waals surface area contributed by atoms with E-state index in [0.29, 0.717) is 34.6 Å². The first-order chi connectivity index (χ1) is 12.2. The predicted molar refractivity (Wildman–Crippen MR) is 92.4 cm³/mol. The number of para-hydroxylation sites is 1. The fourth-order valence-corrected chi connectivity index (χ4v) is 2.94. The molecule has 7 nitrogen and oxygen atoms in total. The normalized spacial score (nSPS) is 10.9. The number of benzene rings is 1. The topological polar surface area (TPSA) is 74.0 Å². The van der Waals surface area contributed by atoms with Crippen molar-refractivity contribution in [3.63, 3.8) is 0 Å². The third-order valence-corrected chi connectivity index (χ3v) is 4.15. The summed E-state index contributed by atoms with van der Waals surface area (Å²) < 4.78 is 6.79. The summed E-state index contributed by atoms with van der Waals surface area (Å²) in [6, 6.07) is 9.11. The minimum Gasteiger partial charge on any atom is -0.361 e. The molecule has 0 saturated carbocycles. The predicted octanol–water partition coefficient (Wildman–Crippen LogP) is 4.04. The Bertz CT molecular complexity index is 1110. The van der Waals surface area contributed by atoms with Gasteiger partial charge in [-0.25, -0.2) is 9.61 Å². The number of imidazole rings is 1. The molecule has 0 unspecified atom stereocenters. The van der Waals surface area contributed by atoms with Gasteiger partial charge in [0.05, 0.1) is 22.6 Å². The van der Waals surface area contributed by atoms with Crippen LogP contribution in [0.4, 0.5) is 5.82 Å². The lowest BCUT2D eigenvalue weighted by molar-refractivity contribution is 0.305. The van der Waals surface area contributed by atoms with E-state index in [1.165, 1.54) is 0 Å². The molecular formula is C17H11ClN6O. The minimum absolute atomic E-state index is 0.356. The molecular weight excluding hydrogens is 340 g/mol. The third kappa shape index (κ3) is 2.62. The van der Waals surface area contributed by atoms with Crippen LogP contribution in [0.25, 0.3) is 27.4 Å². The number of hydrogen-bond donors (Lipinski definition) is 0. The monoisotopic (exact) mass is 350 g/mol. The van der Waals surface area contributed by atoms with Crippen molar-refractivity contribution < 1.29 is 4.63 Å². The largest absolute Gasteiger partial charge is 0.361 e. The highest BCUT2D eigenvalue weighted by atomic mass is 35.5. The number of aryl methyl sites for hydroxylation is 1. The first-order valence-electron chi connectivity index (χ1n) is 7.44. The smallest absolute Gasteiger partial charge is 0.269 e. The minimum atomic E-state index is 0.356. The van der Waals surface area contributed by atoms with Crippen LogP contribution >= 0.6 is 11.6 Å². The quantitative estimate of drug-likeness (QED) is 0.521. The second-order valence-corrected chi connectivity index (χ2v) is 5.87. The molecule has 4 aromatic rings. The molecule has 3 heterocycles. The molecule has 25 heavy (non-hydrogen) atoms. The Labute approximate surface area is 147 Å². The first-order valence-corrected chi connectivity index (χ1v) is 7.82. The zero-order valence-corrected chi connectivity index (χ0v) is 13.9. The number of rotatable bonds is 3. The molecule has 0 bridgehead atoms. The summed E-state index contributed by atoms with van der Waals surface area (Å²) in [5, 5.41) is 8.40. The van der Waals surface area contributed by atoms with Gasteiger partial charge < -0.3 is 9.41 Å². The highest BCUT2D eigenvalue weighted by Crippen LogP contribution is 2.30. The molecule has 0 fully saturated rings. The van der Waals surface area contributed by atoms with Gasteiger partial charge in [0.15, 0.2) is 11.5 Å². The highest BCUT2D eigenvalue weighted by molar-refractivity contribution is 6.35. The number of fused-ring (bicyclic) bond motifs is 1. The zero-order valence-electron chi connectivity index (χ0n) is 13.1. The summed E-state index contributed by atoms with van der Waals surface area (Å²) >= 11 is 6.41. The van der Waals surface area contributed by atoms with Crippen molar-refractivity contribution in [2.24, 2.45) is 0 Å². The maximum atomic E-state index is 7.00. The van der Waals surface area contributed by atoms with Gasteiger partial charge in [-0.3, -0.25) is 0 Å². The molecule has 0 aliphatic carbocycles. The molecule has 0 radical (unpaired) electrons. The van der Waals surface area contributed by atoms with Gasteiger partial charge in [-0.15, -0.1) is 4.98 Å². The Hall–Kier alpha value is -3.24. The van der Waals surface area contributed by atoms with Crippen LogP contribution in [-0.4, -0.2) is 24.8 Å². The van der Waals surface area contributed by atoms with E-state index in [2.05, 4.69) is 25.1 Å². The average molecular weight is 351 g/mol. The van der Waals surface area contributed by atoms with Crippen molar-refractivity contribution in [2.45, 2.75) is 13.5 Å². The van der Waals surface area contributed by atoms with E-state index in [9.17, 15) is 0 Å². The number of hydrogen-bond acceptors (Lipinski definition) is 5. The van der Waals surface area contributed by atoms with E-state index in [1.807, 2.05) is 35.8 Å². The van der Waals surface area contributed by atoms with E-state index in [0.717, 1.165) is 16.6 Å². The van der Waals surface area contributed by atoms with Crippen molar-refractivity contribution in [3.8, 4) is 11.5 Å². The summed E-state index contributed by atoms with van der Waals surface area (Å²) in [7, 11) is 0. The summed E-state index contributed by atoms with van der Waals surface area (Å²) in [6.07, 6.45) is 1.67. The fraction of sp³-hybridized carbons (Fsp3) is 0.118. The standard InChI is InChI=1S/C17H11ClN6O/c1-10-15(23-25-22-10)17-21-13-5-3-4-12(18)16(13)24(17)9-11-6-7-14(19-2)20-8-11/h3-8H,9H2,1H3. The van der Waals surface area contributed by atoms with Crippen LogP contribution in [0.3, 0.4) is 0 Å². The number of pyridine rings is 1. The van der Waals surface area contributed by atoms with Gasteiger partial charge in [-0.05, 0) is 30.3 Å². The van der Waals surface area contributed by atoms with Gasteiger partial charge in [-0.2, -0.15) is 0 Å². The summed E-state index contributed by atoms with van der Waals surface area (Å²) in [6.45, 7) is 9.29. The molecule has 0 aliphatic rings. The van der Waals surface area contributed by atoms with Gasteiger partial charge >= 0.3 is 0 Å². The van der Waals surface area contributed by atoms with Crippen molar-refractivity contribution in [3.05, 3.63) is 64.2 Å². The van der Waals surface area contributed by atoms with Gasteiger partial charge in [0.1, 0.15) is 11.9 Å². The van der Waals surface area contributed by atoms with E-state index < -0.39 is 0 Å². The maximum Gasteiger partial charge on any atom is 0.269 e. The lowest BCUT2D eigenvalue weighted by Crippen LogP contribution is -2.03. The van der Waals surface area contributed by atoms with Crippen molar-refractivity contribution in [1.29, 1.82) is 0 Å². The van der Waals surface area contributed by atoms with Gasteiger partial charge in [0.25, 0.3) is 5.82 Å². The molecule has 0 atom stereocenters. The van der Waals surface area contributed by atoms with Crippen LogP contribution in [0, 0.1) is 13.5 Å². The van der Waals surface area contributed by atoms with Crippen LogP contribution in [0.2, 0.25) is 5.02 Å². The summed E-state index contributed by atoms with van der Waals surface area (Å²) in [4.78, 5) is 12.1. The Balaban J connectivity index is 1.91. The van der Waals surface area contributed by atoms with E-state index in [4.69, 9.17) is 22.8 Å². The fourth-order valence-electron chi connectivity index (χ4n) is 2.67. The second-order valence-electron chi connectivity index (χ2n) is 5.46. The summed E-state index contributed by atoms with van der Waals surface area (Å²) in [5.41, 5.74) is 3.69. The Morgan fingerprint density at radius 1 is 1.24 bits per heavy atom. The molecule has 0 aliphatic heterocycles. The van der Waals surface area contributed by atoms with Gasteiger partial charge in [0.2, 0.25) is 0 Å². The Morgan fingerprint density at radius 2 is 2.12 bits per heavy atom. The highest BCUT2D eigenvalue weighted by Gasteiger charge is 2.20. The molecule has 4 rings (SSSR count). The van der Waals surface area contributed by atoms with Crippen molar-refractivity contribution in [2.75, 3.05) is 0 Å². The lowest BCUT2D eigenvalue weighted by atomic mass is 10.2. The molecule has 0 amide bonds. The molecule has 122 valence electrons. The summed E-state index contributed by atoms with van der Waals surface area (Å²) in [5.74, 6) is 0.977. The SMILES string of the molecule is [C-]#[N+]c1ccc(Cn2c(-c3nonc3C)nc3cccc(Cl)c32)cn1. The van der Waals surface area contributed by atoms with E-state index in [-0.39, 0.29) is 0 Å². The van der Waals surface area contributed by atoms with Crippen LogP contribution in [0.1, 0.15) is 11.3 Å². The third-order valence-electron chi connectivity index (χ3n) is 3.85. The second kappa shape index (κ2) is 6.00. The van der Waals surface area contributed by atoms with Crippen LogP contribution in [0.15, 0.2) is 41.2 Å². The number of nitrogens with zero attached hydrogens (tertiary/aromatic N) is 6. The Kier molecular flexibility index (Phi) is 3.67. The van der Waals surface area contributed by atoms with Gasteiger partial charge in [-0.1, -0.05) is 35.5 Å².